The Morgan fingerprint density at radius 1 is 1.25 bits per heavy atom. The molecule has 3 N–H and O–H groups in total. The van der Waals surface area contributed by atoms with Crippen LogP contribution in [-0.2, 0) is 11.3 Å². The Kier molecular flexibility index (Phi) is 5.37. The molecule has 1 aromatic carbocycles. The molecular weight excluding hydrogens is 258 g/mol. The molecule has 0 unspecified atom stereocenters. The molecule has 0 aliphatic heterocycles. The molecule has 0 saturated heterocycles. The van der Waals surface area contributed by atoms with E-state index in [1.807, 2.05) is 6.07 Å². The number of amides is 3. The number of nitrogens with one attached hydrogen (secondary N) is 3. The molecule has 0 saturated carbocycles. The Labute approximate surface area is 118 Å². The SMILES string of the molecule is CNC(=O)Nc1cccc(CNC(=O)OC(C)(C)C)c1. The maximum absolute atomic E-state index is 11.5. The van der Waals surface area contributed by atoms with Gasteiger partial charge in [0.1, 0.15) is 5.60 Å². The molecule has 0 aliphatic carbocycles. The first-order chi connectivity index (χ1) is 9.30. The van der Waals surface area contributed by atoms with E-state index in [2.05, 4.69) is 16.0 Å². The first-order valence-electron chi connectivity index (χ1n) is 6.34. The third-order valence-corrected chi connectivity index (χ3v) is 2.25. The Morgan fingerprint density at radius 3 is 2.55 bits per heavy atom. The molecule has 110 valence electrons. The largest absolute Gasteiger partial charge is 0.444 e. The molecule has 3 amide bonds. The Morgan fingerprint density at radius 2 is 1.95 bits per heavy atom. The fraction of sp³-hybridized carbons (Fsp3) is 0.429. The van der Waals surface area contributed by atoms with Crippen molar-refractivity contribution < 1.29 is 14.3 Å². The van der Waals surface area contributed by atoms with Crippen molar-refractivity contribution in [3.05, 3.63) is 29.8 Å². The summed E-state index contributed by atoms with van der Waals surface area (Å²) >= 11 is 0. The van der Waals surface area contributed by atoms with Gasteiger partial charge < -0.3 is 20.7 Å². The minimum Gasteiger partial charge on any atom is -0.444 e. The number of benzene rings is 1. The van der Waals surface area contributed by atoms with Gasteiger partial charge in [-0.3, -0.25) is 0 Å². The van der Waals surface area contributed by atoms with Crippen LogP contribution >= 0.6 is 0 Å². The molecular formula is C14H21N3O3. The van der Waals surface area contributed by atoms with Crippen LogP contribution in [0.25, 0.3) is 0 Å². The summed E-state index contributed by atoms with van der Waals surface area (Å²) in [6.07, 6.45) is -0.470. The average Bonchev–Trinajstić information content (AvgIpc) is 2.34. The number of alkyl carbamates (subject to hydrolysis) is 1. The van der Waals surface area contributed by atoms with Crippen molar-refractivity contribution in [1.29, 1.82) is 0 Å². The molecule has 0 bridgehead atoms. The third kappa shape index (κ3) is 6.08. The van der Waals surface area contributed by atoms with Crippen LogP contribution in [0.2, 0.25) is 0 Å². The lowest BCUT2D eigenvalue weighted by atomic mass is 10.2. The molecule has 0 radical (unpaired) electrons. The van der Waals surface area contributed by atoms with Gasteiger partial charge in [0.05, 0.1) is 0 Å². The molecule has 0 aliphatic rings. The number of carbonyl (C=O) groups excluding carboxylic acids is 2. The fourth-order valence-corrected chi connectivity index (χ4v) is 1.44. The number of urea groups is 1. The molecule has 6 nitrogen and oxygen atoms in total. The lowest BCUT2D eigenvalue weighted by molar-refractivity contribution is 0.0523. The molecule has 1 rings (SSSR count). The number of ether oxygens (including phenoxy) is 1. The second-order valence-electron chi connectivity index (χ2n) is 5.26. The zero-order valence-corrected chi connectivity index (χ0v) is 12.2. The van der Waals surface area contributed by atoms with E-state index in [9.17, 15) is 9.59 Å². The van der Waals surface area contributed by atoms with Crippen molar-refractivity contribution in [1.82, 2.24) is 10.6 Å². The molecule has 0 heterocycles. The van der Waals surface area contributed by atoms with E-state index in [-0.39, 0.29) is 6.03 Å². The van der Waals surface area contributed by atoms with Crippen molar-refractivity contribution in [3.63, 3.8) is 0 Å². The van der Waals surface area contributed by atoms with Crippen LogP contribution in [0, 0.1) is 0 Å². The van der Waals surface area contributed by atoms with Crippen molar-refractivity contribution in [2.24, 2.45) is 0 Å². The van der Waals surface area contributed by atoms with Crippen LogP contribution in [0.3, 0.4) is 0 Å². The van der Waals surface area contributed by atoms with Gasteiger partial charge in [-0.15, -0.1) is 0 Å². The summed E-state index contributed by atoms with van der Waals surface area (Å²) in [4.78, 5) is 22.7. The monoisotopic (exact) mass is 279 g/mol. The summed E-state index contributed by atoms with van der Waals surface area (Å²) in [5.41, 5.74) is 1.00. The van der Waals surface area contributed by atoms with Crippen LogP contribution < -0.4 is 16.0 Å². The highest BCUT2D eigenvalue weighted by atomic mass is 16.6. The second kappa shape index (κ2) is 6.79. The molecule has 0 spiro atoms. The minimum absolute atomic E-state index is 0.290. The molecule has 0 fully saturated rings. The van der Waals surface area contributed by atoms with E-state index >= 15 is 0 Å². The number of carbonyl (C=O) groups is 2. The number of rotatable bonds is 3. The maximum Gasteiger partial charge on any atom is 0.407 e. The lowest BCUT2D eigenvalue weighted by Crippen LogP contribution is -2.32. The van der Waals surface area contributed by atoms with Gasteiger partial charge in [0.15, 0.2) is 0 Å². The maximum atomic E-state index is 11.5. The van der Waals surface area contributed by atoms with Crippen LogP contribution in [0.5, 0.6) is 0 Å². The highest BCUT2D eigenvalue weighted by Gasteiger charge is 2.15. The van der Waals surface area contributed by atoms with Crippen molar-refractivity contribution >= 4 is 17.8 Å². The van der Waals surface area contributed by atoms with Gasteiger partial charge in [0.25, 0.3) is 0 Å². The standard InChI is InChI=1S/C14H21N3O3/c1-14(2,3)20-13(19)16-9-10-6-5-7-11(8-10)17-12(18)15-4/h5-8H,9H2,1-4H3,(H,16,19)(H2,15,17,18). The summed E-state index contributed by atoms with van der Waals surface area (Å²) < 4.78 is 5.14. The number of hydrogen-bond donors (Lipinski definition) is 3. The topological polar surface area (TPSA) is 79.5 Å². The van der Waals surface area contributed by atoms with E-state index in [1.54, 1.807) is 46.0 Å². The van der Waals surface area contributed by atoms with Gasteiger partial charge >= 0.3 is 12.1 Å². The van der Waals surface area contributed by atoms with Crippen LogP contribution in [0.4, 0.5) is 15.3 Å². The first kappa shape index (κ1) is 15.8. The van der Waals surface area contributed by atoms with Crippen LogP contribution in [-0.4, -0.2) is 24.8 Å². The second-order valence-corrected chi connectivity index (χ2v) is 5.26. The van der Waals surface area contributed by atoms with Gasteiger partial charge in [0, 0.05) is 19.3 Å². The van der Waals surface area contributed by atoms with Gasteiger partial charge in [-0.05, 0) is 38.5 Å². The Hall–Kier alpha value is -2.24. The highest BCUT2D eigenvalue weighted by Crippen LogP contribution is 2.11. The van der Waals surface area contributed by atoms with Gasteiger partial charge in [-0.2, -0.15) is 0 Å². The lowest BCUT2D eigenvalue weighted by Gasteiger charge is -2.19. The molecule has 0 atom stereocenters. The molecule has 6 heteroatoms. The molecule has 1 aromatic rings. The van der Waals surface area contributed by atoms with Crippen LogP contribution in [0.15, 0.2) is 24.3 Å². The summed E-state index contributed by atoms with van der Waals surface area (Å²) in [5.74, 6) is 0. The number of anilines is 1. The molecule has 0 aromatic heterocycles. The third-order valence-electron chi connectivity index (χ3n) is 2.25. The van der Waals surface area contributed by atoms with E-state index in [0.29, 0.717) is 12.2 Å². The zero-order valence-electron chi connectivity index (χ0n) is 12.2. The average molecular weight is 279 g/mol. The van der Waals surface area contributed by atoms with Gasteiger partial charge in [-0.25, -0.2) is 9.59 Å². The predicted molar refractivity (Wildman–Crippen MR) is 77.6 cm³/mol. The zero-order chi connectivity index (χ0) is 15.2. The summed E-state index contributed by atoms with van der Waals surface area (Å²) in [6.45, 7) is 5.75. The first-order valence-corrected chi connectivity index (χ1v) is 6.34. The van der Waals surface area contributed by atoms with Crippen LogP contribution in [0.1, 0.15) is 26.3 Å². The van der Waals surface area contributed by atoms with Gasteiger partial charge in [-0.1, -0.05) is 12.1 Å². The van der Waals surface area contributed by atoms with Crippen molar-refractivity contribution in [2.75, 3.05) is 12.4 Å². The van der Waals surface area contributed by atoms with E-state index < -0.39 is 11.7 Å². The van der Waals surface area contributed by atoms with Gasteiger partial charge in [0.2, 0.25) is 0 Å². The number of hydrogen-bond acceptors (Lipinski definition) is 3. The van der Waals surface area contributed by atoms with E-state index in [0.717, 1.165) is 5.56 Å². The highest BCUT2D eigenvalue weighted by molar-refractivity contribution is 5.89. The quantitative estimate of drug-likeness (QED) is 0.795. The minimum atomic E-state index is -0.521. The Bertz CT molecular complexity index is 481. The fourth-order valence-electron chi connectivity index (χ4n) is 1.44. The summed E-state index contributed by atoms with van der Waals surface area (Å²) in [5, 5.41) is 7.79. The van der Waals surface area contributed by atoms with E-state index in [4.69, 9.17) is 4.74 Å². The summed E-state index contributed by atoms with van der Waals surface area (Å²) in [6, 6.07) is 6.92. The smallest absolute Gasteiger partial charge is 0.407 e. The Balaban J connectivity index is 2.54. The van der Waals surface area contributed by atoms with E-state index in [1.165, 1.54) is 0 Å². The van der Waals surface area contributed by atoms with Crippen molar-refractivity contribution in [2.45, 2.75) is 32.9 Å². The molecule has 20 heavy (non-hydrogen) atoms. The normalized spacial score (nSPS) is 10.6. The van der Waals surface area contributed by atoms with Crippen molar-refractivity contribution in [3.8, 4) is 0 Å². The summed E-state index contributed by atoms with van der Waals surface area (Å²) in [7, 11) is 1.54. The predicted octanol–water partition coefficient (Wildman–Crippen LogP) is 2.46.